The Bertz CT molecular complexity index is 824. The third-order valence-electron chi connectivity index (χ3n) is 4.29. The fourth-order valence-corrected chi connectivity index (χ4v) is 2.87. The Balaban J connectivity index is 1.94. The lowest BCUT2D eigenvalue weighted by molar-refractivity contribution is -0.137. The molecule has 3 rings (SSSR count). The van der Waals surface area contributed by atoms with Crippen LogP contribution in [-0.2, 0) is 12.7 Å². The Kier molecular flexibility index (Phi) is 4.78. The number of carbonyl (C=O) groups excluding carboxylic acids is 1. The molecule has 1 heterocycles. The van der Waals surface area contributed by atoms with Crippen LogP contribution >= 0.6 is 0 Å². The number of anilines is 1. The zero-order valence-corrected chi connectivity index (χ0v) is 13.9. The topological polar surface area (TPSA) is 61.8 Å². The minimum Gasteiger partial charge on any atom is -0.491 e. The standard InChI is InChI=1S/C18H17F3N2O3/c1-11-10-26-16-7-12(17(24)22-25)5-6-13(16)9-23(11)15-4-2-3-14(8-15)18(19,20)21/h2-8,11,25H,9-10H2,1H3,(H,22,24). The van der Waals surface area contributed by atoms with Crippen molar-refractivity contribution in [2.45, 2.75) is 25.7 Å². The molecule has 138 valence electrons. The molecule has 8 heteroatoms. The minimum atomic E-state index is -4.41. The fraction of sp³-hybridized carbons (Fsp3) is 0.278. The Labute approximate surface area is 148 Å². The molecule has 0 radical (unpaired) electrons. The molecule has 0 fully saturated rings. The molecule has 0 saturated carbocycles. The quantitative estimate of drug-likeness (QED) is 0.630. The van der Waals surface area contributed by atoms with Gasteiger partial charge in [-0.3, -0.25) is 10.0 Å². The van der Waals surface area contributed by atoms with Crippen molar-refractivity contribution < 1.29 is 27.9 Å². The number of fused-ring (bicyclic) bond motifs is 1. The van der Waals surface area contributed by atoms with Crippen molar-refractivity contribution in [1.29, 1.82) is 0 Å². The molecule has 1 aliphatic heterocycles. The van der Waals surface area contributed by atoms with E-state index >= 15 is 0 Å². The first-order valence-electron chi connectivity index (χ1n) is 7.93. The largest absolute Gasteiger partial charge is 0.491 e. The molecule has 0 saturated heterocycles. The van der Waals surface area contributed by atoms with Crippen molar-refractivity contribution in [2.75, 3.05) is 11.5 Å². The molecule has 1 unspecified atom stereocenters. The Hall–Kier alpha value is -2.74. The smallest absolute Gasteiger partial charge is 0.416 e. The Morgan fingerprint density at radius 2 is 2.04 bits per heavy atom. The molecule has 0 spiro atoms. The van der Waals surface area contributed by atoms with Crippen LogP contribution in [0.2, 0.25) is 0 Å². The van der Waals surface area contributed by atoms with Gasteiger partial charge in [-0.2, -0.15) is 13.2 Å². The SMILES string of the molecule is CC1COc2cc(C(=O)NO)ccc2CN1c1cccc(C(F)(F)F)c1. The summed E-state index contributed by atoms with van der Waals surface area (Å²) in [7, 11) is 0. The van der Waals surface area contributed by atoms with E-state index in [1.54, 1.807) is 17.6 Å². The monoisotopic (exact) mass is 366 g/mol. The summed E-state index contributed by atoms with van der Waals surface area (Å²) >= 11 is 0. The lowest BCUT2D eigenvalue weighted by Gasteiger charge is -2.29. The predicted octanol–water partition coefficient (Wildman–Crippen LogP) is 3.61. The highest BCUT2D eigenvalue weighted by atomic mass is 19.4. The highest BCUT2D eigenvalue weighted by molar-refractivity contribution is 5.93. The van der Waals surface area contributed by atoms with E-state index in [9.17, 15) is 18.0 Å². The molecule has 0 aromatic heterocycles. The van der Waals surface area contributed by atoms with Crippen LogP contribution < -0.4 is 15.1 Å². The van der Waals surface area contributed by atoms with E-state index in [2.05, 4.69) is 0 Å². The number of alkyl halides is 3. The van der Waals surface area contributed by atoms with Crippen LogP contribution in [0.25, 0.3) is 0 Å². The van der Waals surface area contributed by atoms with Crippen LogP contribution in [0.4, 0.5) is 18.9 Å². The van der Waals surface area contributed by atoms with Gasteiger partial charge in [0.1, 0.15) is 12.4 Å². The second-order valence-corrected chi connectivity index (χ2v) is 6.10. The number of halogens is 3. The van der Waals surface area contributed by atoms with Gasteiger partial charge in [0.2, 0.25) is 0 Å². The summed E-state index contributed by atoms with van der Waals surface area (Å²) in [6.07, 6.45) is -4.41. The molecule has 2 N–H and O–H groups in total. The van der Waals surface area contributed by atoms with Crippen LogP contribution in [0.1, 0.15) is 28.4 Å². The minimum absolute atomic E-state index is 0.180. The maximum atomic E-state index is 13.0. The number of benzene rings is 2. The van der Waals surface area contributed by atoms with E-state index in [1.165, 1.54) is 18.2 Å². The van der Waals surface area contributed by atoms with Gasteiger partial charge in [-0.25, -0.2) is 5.48 Å². The summed E-state index contributed by atoms with van der Waals surface area (Å²) in [5.41, 5.74) is 2.26. The molecular weight excluding hydrogens is 349 g/mol. The van der Waals surface area contributed by atoms with Crippen molar-refractivity contribution in [3.63, 3.8) is 0 Å². The van der Waals surface area contributed by atoms with E-state index in [0.717, 1.165) is 17.7 Å². The maximum Gasteiger partial charge on any atom is 0.416 e. The second-order valence-electron chi connectivity index (χ2n) is 6.10. The van der Waals surface area contributed by atoms with Gasteiger partial charge >= 0.3 is 6.18 Å². The molecule has 5 nitrogen and oxygen atoms in total. The lowest BCUT2D eigenvalue weighted by Crippen LogP contribution is -2.35. The van der Waals surface area contributed by atoms with Gasteiger partial charge in [0, 0.05) is 23.4 Å². The number of amides is 1. The van der Waals surface area contributed by atoms with E-state index < -0.39 is 17.6 Å². The summed E-state index contributed by atoms with van der Waals surface area (Å²) in [5.74, 6) is -0.198. The number of carbonyl (C=O) groups is 1. The van der Waals surface area contributed by atoms with E-state index in [0.29, 0.717) is 18.0 Å². The molecule has 1 atom stereocenters. The second kappa shape index (κ2) is 6.87. The number of hydroxylamine groups is 1. The lowest BCUT2D eigenvalue weighted by atomic mass is 10.1. The van der Waals surface area contributed by atoms with E-state index in [4.69, 9.17) is 9.94 Å². The molecule has 26 heavy (non-hydrogen) atoms. The van der Waals surface area contributed by atoms with Crippen molar-refractivity contribution in [3.05, 3.63) is 59.2 Å². The Morgan fingerprint density at radius 3 is 2.73 bits per heavy atom. The van der Waals surface area contributed by atoms with Gasteiger partial charge < -0.3 is 9.64 Å². The van der Waals surface area contributed by atoms with Crippen molar-refractivity contribution in [3.8, 4) is 5.75 Å². The predicted molar refractivity (Wildman–Crippen MR) is 88.3 cm³/mol. The number of nitrogens with zero attached hydrogens (tertiary/aromatic N) is 1. The van der Waals surface area contributed by atoms with Crippen LogP contribution in [0.5, 0.6) is 5.75 Å². The first-order valence-corrected chi connectivity index (χ1v) is 7.93. The summed E-state index contributed by atoms with van der Waals surface area (Å²) in [4.78, 5) is 13.4. The van der Waals surface area contributed by atoms with E-state index in [-0.39, 0.29) is 18.2 Å². The molecular formula is C18H17F3N2O3. The number of hydrogen-bond acceptors (Lipinski definition) is 4. The average molecular weight is 366 g/mol. The molecule has 0 aliphatic carbocycles. The summed E-state index contributed by atoms with van der Waals surface area (Å²) in [6, 6.07) is 9.68. The van der Waals surface area contributed by atoms with Gasteiger partial charge in [0.05, 0.1) is 11.6 Å². The van der Waals surface area contributed by atoms with Crippen molar-refractivity contribution in [2.24, 2.45) is 0 Å². The van der Waals surface area contributed by atoms with Crippen LogP contribution in [0.15, 0.2) is 42.5 Å². The molecule has 2 aromatic rings. The number of ether oxygens (including phenoxy) is 1. The zero-order valence-electron chi connectivity index (χ0n) is 13.9. The van der Waals surface area contributed by atoms with Crippen LogP contribution in [0.3, 0.4) is 0 Å². The van der Waals surface area contributed by atoms with Crippen molar-refractivity contribution in [1.82, 2.24) is 5.48 Å². The normalized spacial score (nSPS) is 17.1. The van der Waals surface area contributed by atoms with Gasteiger partial charge in [-0.1, -0.05) is 12.1 Å². The highest BCUT2D eigenvalue weighted by Gasteiger charge is 2.31. The molecule has 0 bridgehead atoms. The van der Waals surface area contributed by atoms with Gasteiger partial charge in [0.15, 0.2) is 0 Å². The average Bonchev–Trinajstić information content (AvgIpc) is 2.79. The molecule has 1 amide bonds. The van der Waals surface area contributed by atoms with Gasteiger partial charge in [-0.15, -0.1) is 0 Å². The summed E-state index contributed by atoms with van der Waals surface area (Å²) < 4.78 is 44.7. The fourth-order valence-electron chi connectivity index (χ4n) is 2.87. The number of hydrogen-bond donors (Lipinski definition) is 2. The Morgan fingerprint density at radius 1 is 1.27 bits per heavy atom. The van der Waals surface area contributed by atoms with E-state index in [1.807, 2.05) is 11.8 Å². The first kappa shape index (κ1) is 18.1. The summed E-state index contributed by atoms with van der Waals surface area (Å²) in [5, 5.41) is 8.73. The number of nitrogens with one attached hydrogen (secondary N) is 1. The molecule has 1 aliphatic rings. The summed E-state index contributed by atoms with van der Waals surface area (Å²) in [6.45, 7) is 2.43. The van der Waals surface area contributed by atoms with Gasteiger partial charge in [0.25, 0.3) is 5.91 Å². The van der Waals surface area contributed by atoms with Gasteiger partial charge in [-0.05, 0) is 37.3 Å². The van der Waals surface area contributed by atoms with Crippen molar-refractivity contribution >= 4 is 11.6 Å². The highest BCUT2D eigenvalue weighted by Crippen LogP contribution is 2.34. The number of rotatable bonds is 2. The van der Waals surface area contributed by atoms with Crippen LogP contribution in [-0.4, -0.2) is 23.8 Å². The third kappa shape index (κ3) is 3.60. The first-order chi connectivity index (χ1) is 12.3. The zero-order chi connectivity index (χ0) is 18.9. The third-order valence-corrected chi connectivity index (χ3v) is 4.29. The maximum absolute atomic E-state index is 13.0. The van der Waals surface area contributed by atoms with Crippen LogP contribution in [0, 0.1) is 0 Å². The molecule has 2 aromatic carbocycles.